The molecule has 1 nitrogen and oxygen atoms in total. The highest BCUT2D eigenvalue weighted by atomic mass is 35.5. The Morgan fingerprint density at radius 2 is 2.33 bits per heavy atom. The molecule has 3 heteroatoms. The summed E-state index contributed by atoms with van der Waals surface area (Å²) >= 11 is 5.49. The standard InChI is InChI=1S/C6H6ClN.ClH/c7-4-6-2-1-3-8-5-6;/h1-3,5H,4H2;1H/p-1. The Bertz CT molecular complexity index is 152. The lowest BCUT2D eigenvalue weighted by Crippen LogP contribution is -3.00. The molecule has 9 heavy (non-hydrogen) atoms. The van der Waals surface area contributed by atoms with Crippen LogP contribution in [0.1, 0.15) is 5.56 Å². The van der Waals surface area contributed by atoms with Gasteiger partial charge in [-0.25, -0.2) is 0 Å². The molecule has 1 aromatic heterocycles. The normalized spacial score (nSPS) is 8.11. The van der Waals surface area contributed by atoms with Crippen LogP contribution in [-0.2, 0) is 5.88 Å². The van der Waals surface area contributed by atoms with Gasteiger partial charge in [0.1, 0.15) is 0 Å². The van der Waals surface area contributed by atoms with Crippen molar-refractivity contribution in [2.75, 3.05) is 0 Å². The second-order valence-electron chi connectivity index (χ2n) is 1.49. The van der Waals surface area contributed by atoms with Crippen LogP contribution >= 0.6 is 11.6 Å². The summed E-state index contributed by atoms with van der Waals surface area (Å²) in [6.07, 6.45) is 3.49. The molecule has 0 spiro atoms. The van der Waals surface area contributed by atoms with Crippen LogP contribution in [0.25, 0.3) is 0 Å². The number of aromatic nitrogens is 1. The van der Waals surface area contributed by atoms with Gasteiger partial charge >= 0.3 is 0 Å². The Morgan fingerprint density at radius 3 is 2.67 bits per heavy atom. The summed E-state index contributed by atoms with van der Waals surface area (Å²) in [5.74, 6) is 0.549. The number of pyridine rings is 1. The zero-order valence-corrected chi connectivity index (χ0v) is 6.23. The van der Waals surface area contributed by atoms with Gasteiger partial charge in [-0.3, -0.25) is 4.98 Å². The predicted molar refractivity (Wildman–Crippen MR) is 33.8 cm³/mol. The number of rotatable bonds is 1. The van der Waals surface area contributed by atoms with Crippen LogP contribution < -0.4 is 12.4 Å². The Balaban J connectivity index is 0.000000640. The first kappa shape index (κ1) is 8.73. The van der Waals surface area contributed by atoms with Gasteiger partial charge in [0.25, 0.3) is 0 Å². The van der Waals surface area contributed by atoms with E-state index in [2.05, 4.69) is 4.98 Å². The molecular weight excluding hydrogens is 157 g/mol. The summed E-state index contributed by atoms with van der Waals surface area (Å²) in [7, 11) is 0. The Labute approximate surface area is 65.5 Å². The third-order valence-electron chi connectivity index (χ3n) is 0.877. The van der Waals surface area contributed by atoms with E-state index in [0.29, 0.717) is 5.88 Å². The van der Waals surface area contributed by atoms with E-state index in [-0.39, 0.29) is 12.4 Å². The molecule has 0 aromatic carbocycles. The Morgan fingerprint density at radius 1 is 1.56 bits per heavy atom. The first-order valence-corrected chi connectivity index (χ1v) is 2.92. The quantitative estimate of drug-likeness (QED) is 0.475. The van der Waals surface area contributed by atoms with Crippen molar-refractivity contribution in [2.24, 2.45) is 0 Å². The third kappa shape index (κ3) is 2.68. The Kier molecular flexibility index (Phi) is 4.46. The van der Waals surface area contributed by atoms with Crippen molar-refractivity contribution in [2.45, 2.75) is 5.88 Å². The molecule has 50 valence electrons. The molecule has 0 radical (unpaired) electrons. The second kappa shape index (κ2) is 4.59. The molecular formula is C6H6Cl2N-. The maximum absolute atomic E-state index is 5.49. The largest absolute Gasteiger partial charge is 1.00 e. The number of alkyl halides is 1. The van der Waals surface area contributed by atoms with Gasteiger partial charge in [0.2, 0.25) is 0 Å². The molecule has 1 aromatic rings. The fraction of sp³-hybridized carbons (Fsp3) is 0.167. The van der Waals surface area contributed by atoms with Gasteiger partial charge in [-0.2, -0.15) is 0 Å². The first-order valence-electron chi connectivity index (χ1n) is 2.38. The molecule has 0 amide bonds. The molecule has 0 saturated heterocycles. The third-order valence-corrected chi connectivity index (χ3v) is 1.19. The maximum Gasteiger partial charge on any atom is 0.0489 e. The van der Waals surface area contributed by atoms with E-state index < -0.39 is 0 Å². The van der Waals surface area contributed by atoms with Crippen LogP contribution in [0.2, 0.25) is 0 Å². The van der Waals surface area contributed by atoms with Gasteiger partial charge in [0.05, 0.1) is 0 Å². The van der Waals surface area contributed by atoms with E-state index in [1.54, 1.807) is 12.4 Å². The molecule has 0 aliphatic rings. The van der Waals surface area contributed by atoms with Gasteiger partial charge in [0.15, 0.2) is 0 Å². The number of hydrogen-bond donors (Lipinski definition) is 0. The fourth-order valence-corrected chi connectivity index (χ4v) is 0.635. The minimum Gasteiger partial charge on any atom is -1.00 e. The maximum atomic E-state index is 5.49. The van der Waals surface area contributed by atoms with Gasteiger partial charge in [0, 0.05) is 18.3 Å². The van der Waals surface area contributed by atoms with Crippen molar-refractivity contribution >= 4 is 11.6 Å². The van der Waals surface area contributed by atoms with Crippen molar-refractivity contribution in [3.63, 3.8) is 0 Å². The number of hydrogen-bond acceptors (Lipinski definition) is 1. The molecule has 1 rings (SSSR count). The van der Waals surface area contributed by atoms with Crippen LogP contribution in [0.3, 0.4) is 0 Å². The molecule has 0 atom stereocenters. The topological polar surface area (TPSA) is 12.9 Å². The highest BCUT2D eigenvalue weighted by Gasteiger charge is 1.82. The van der Waals surface area contributed by atoms with E-state index in [9.17, 15) is 0 Å². The van der Waals surface area contributed by atoms with Gasteiger partial charge in [-0.1, -0.05) is 6.07 Å². The van der Waals surface area contributed by atoms with Crippen molar-refractivity contribution in [1.82, 2.24) is 4.98 Å². The zero-order valence-electron chi connectivity index (χ0n) is 4.72. The van der Waals surface area contributed by atoms with E-state index in [4.69, 9.17) is 11.6 Å². The SMILES string of the molecule is ClCc1cccnc1.[Cl-]. The van der Waals surface area contributed by atoms with E-state index in [1.807, 2.05) is 12.1 Å². The number of nitrogens with zero attached hydrogens (tertiary/aromatic N) is 1. The summed E-state index contributed by atoms with van der Waals surface area (Å²) in [5.41, 5.74) is 1.06. The van der Waals surface area contributed by atoms with Gasteiger partial charge in [-0.05, 0) is 11.6 Å². The van der Waals surface area contributed by atoms with Crippen LogP contribution in [0.4, 0.5) is 0 Å². The minimum absolute atomic E-state index is 0. The summed E-state index contributed by atoms with van der Waals surface area (Å²) in [6.45, 7) is 0. The minimum atomic E-state index is 0. The highest BCUT2D eigenvalue weighted by Crippen LogP contribution is 1.98. The lowest BCUT2D eigenvalue weighted by molar-refractivity contribution is -0.00000164. The molecule has 0 aliphatic carbocycles. The monoisotopic (exact) mass is 162 g/mol. The van der Waals surface area contributed by atoms with Crippen LogP contribution in [-0.4, -0.2) is 4.98 Å². The lowest BCUT2D eigenvalue weighted by atomic mass is 10.3. The van der Waals surface area contributed by atoms with Gasteiger partial charge in [-0.15, -0.1) is 11.6 Å². The molecule has 0 N–H and O–H groups in total. The molecule has 0 fully saturated rings. The molecule has 1 heterocycles. The van der Waals surface area contributed by atoms with Gasteiger partial charge < -0.3 is 12.4 Å². The molecule has 0 saturated carbocycles. The van der Waals surface area contributed by atoms with Crippen molar-refractivity contribution in [3.8, 4) is 0 Å². The molecule has 0 aliphatic heterocycles. The van der Waals surface area contributed by atoms with Crippen LogP contribution in [0.15, 0.2) is 24.5 Å². The van der Waals surface area contributed by atoms with E-state index in [0.717, 1.165) is 5.56 Å². The lowest BCUT2D eigenvalue weighted by Gasteiger charge is -1.87. The molecule has 0 bridgehead atoms. The van der Waals surface area contributed by atoms with Crippen LogP contribution in [0.5, 0.6) is 0 Å². The Hall–Kier alpha value is -0.270. The van der Waals surface area contributed by atoms with Crippen LogP contribution in [0, 0.1) is 0 Å². The average molecular weight is 163 g/mol. The zero-order chi connectivity index (χ0) is 5.82. The van der Waals surface area contributed by atoms with Crippen molar-refractivity contribution < 1.29 is 12.4 Å². The van der Waals surface area contributed by atoms with Crippen molar-refractivity contribution in [1.29, 1.82) is 0 Å². The predicted octanol–water partition coefficient (Wildman–Crippen LogP) is -1.18. The van der Waals surface area contributed by atoms with E-state index >= 15 is 0 Å². The summed E-state index contributed by atoms with van der Waals surface area (Å²) in [4.78, 5) is 3.87. The summed E-state index contributed by atoms with van der Waals surface area (Å²) in [5, 5.41) is 0. The summed E-state index contributed by atoms with van der Waals surface area (Å²) in [6, 6.07) is 3.82. The highest BCUT2D eigenvalue weighted by molar-refractivity contribution is 6.17. The van der Waals surface area contributed by atoms with Crippen molar-refractivity contribution in [3.05, 3.63) is 30.1 Å². The molecule has 0 unspecified atom stereocenters. The summed E-state index contributed by atoms with van der Waals surface area (Å²) < 4.78 is 0. The first-order chi connectivity index (χ1) is 3.93. The second-order valence-corrected chi connectivity index (χ2v) is 1.76. The smallest absolute Gasteiger partial charge is 0.0489 e. The fourth-order valence-electron chi connectivity index (χ4n) is 0.477. The number of halogens is 2. The van der Waals surface area contributed by atoms with E-state index in [1.165, 1.54) is 0 Å². The average Bonchev–Trinajstić information content (AvgIpc) is 1.90.